The lowest BCUT2D eigenvalue weighted by molar-refractivity contribution is -0.269. The van der Waals surface area contributed by atoms with Gasteiger partial charge >= 0.3 is 0 Å². The number of allylic oxidation sites excluding steroid dienone is 4. The summed E-state index contributed by atoms with van der Waals surface area (Å²) in [5, 5.41) is 11.4. The van der Waals surface area contributed by atoms with Crippen LogP contribution in [-0.2, 0) is 23.7 Å². The number of fused-ring (bicyclic) bond motifs is 7. The number of halogens is 1. The first-order valence-corrected chi connectivity index (χ1v) is 11.0. The van der Waals surface area contributed by atoms with E-state index in [1.54, 1.807) is 12.2 Å². The van der Waals surface area contributed by atoms with Crippen LogP contribution in [0.15, 0.2) is 23.8 Å². The van der Waals surface area contributed by atoms with Crippen molar-refractivity contribution in [1.29, 1.82) is 0 Å². The van der Waals surface area contributed by atoms with Gasteiger partial charge in [0.05, 0.1) is 6.10 Å². The summed E-state index contributed by atoms with van der Waals surface area (Å²) in [6.07, 6.45) is 6.53. The molecule has 164 valence electrons. The number of hydrogen-bond acceptors (Lipinski definition) is 6. The summed E-state index contributed by atoms with van der Waals surface area (Å²) in [6.45, 7) is 4.50. The van der Waals surface area contributed by atoms with Crippen molar-refractivity contribution < 1.29 is 33.2 Å². The van der Waals surface area contributed by atoms with Crippen LogP contribution in [0.2, 0.25) is 0 Å². The van der Waals surface area contributed by atoms with Crippen LogP contribution in [0.3, 0.4) is 0 Å². The van der Waals surface area contributed by atoms with E-state index in [9.17, 15) is 9.90 Å². The molecule has 0 aromatic carbocycles. The summed E-state index contributed by atoms with van der Waals surface area (Å²) in [6, 6.07) is 0. The quantitative estimate of drug-likeness (QED) is 0.650. The maximum atomic E-state index is 17.1. The Hall–Kier alpha value is -1.12. The van der Waals surface area contributed by atoms with Crippen molar-refractivity contribution in [1.82, 2.24) is 0 Å². The van der Waals surface area contributed by atoms with Gasteiger partial charge in [-0.05, 0) is 57.1 Å². The third-order valence-electron chi connectivity index (χ3n) is 9.64. The summed E-state index contributed by atoms with van der Waals surface area (Å²) < 4.78 is 40.9. The highest BCUT2D eigenvalue weighted by Gasteiger charge is 2.79. The van der Waals surface area contributed by atoms with Crippen molar-refractivity contribution in [2.75, 3.05) is 20.2 Å². The second-order valence-corrected chi connectivity index (χ2v) is 10.4. The summed E-state index contributed by atoms with van der Waals surface area (Å²) in [4.78, 5) is 11.9. The molecule has 30 heavy (non-hydrogen) atoms. The van der Waals surface area contributed by atoms with Crippen LogP contribution in [0.1, 0.15) is 46.0 Å². The van der Waals surface area contributed by atoms with Crippen LogP contribution in [0.4, 0.5) is 4.39 Å². The van der Waals surface area contributed by atoms with Crippen LogP contribution in [0, 0.1) is 22.7 Å². The molecule has 6 rings (SSSR count). The largest absolute Gasteiger partial charge is 0.390 e. The Labute approximate surface area is 175 Å². The molecule has 6 nitrogen and oxygen atoms in total. The molecule has 2 saturated heterocycles. The van der Waals surface area contributed by atoms with Gasteiger partial charge in [-0.3, -0.25) is 4.79 Å². The second kappa shape index (κ2) is 5.81. The van der Waals surface area contributed by atoms with Crippen LogP contribution in [-0.4, -0.2) is 54.2 Å². The van der Waals surface area contributed by atoms with Gasteiger partial charge in [0, 0.05) is 16.7 Å². The zero-order chi connectivity index (χ0) is 21.0. The molecule has 7 heteroatoms. The number of aliphatic hydroxyl groups is 1. The zero-order valence-corrected chi connectivity index (χ0v) is 17.5. The minimum atomic E-state index is -1.83. The van der Waals surface area contributed by atoms with E-state index in [0.29, 0.717) is 19.3 Å². The Bertz CT molecular complexity index is 858. The lowest BCUT2D eigenvalue weighted by Gasteiger charge is -2.63. The lowest BCUT2D eigenvalue weighted by Crippen LogP contribution is -2.71. The average molecular weight is 420 g/mol. The molecule has 0 amide bonds. The normalized spacial score (nSPS) is 56.9. The van der Waals surface area contributed by atoms with Crippen molar-refractivity contribution in [3.05, 3.63) is 23.8 Å². The van der Waals surface area contributed by atoms with E-state index < -0.39 is 34.0 Å². The predicted molar refractivity (Wildman–Crippen MR) is 103 cm³/mol. The van der Waals surface area contributed by atoms with E-state index in [0.717, 1.165) is 12.0 Å². The summed E-state index contributed by atoms with van der Waals surface area (Å²) in [5.41, 5.74) is -3.28. The molecule has 1 N–H and O–H groups in total. The Balaban J connectivity index is 1.45. The summed E-state index contributed by atoms with van der Waals surface area (Å²) >= 11 is 0. The molecule has 0 aromatic rings. The molecule has 1 unspecified atom stereocenters. The number of carbonyl (C=O) groups is 1. The molecule has 6 aliphatic rings. The highest BCUT2D eigenvalue weighted by atomic mass is 19.1. The average Bonchev–Trinajstić information content (AvgIpc) is 3.40. The van der Waals surface area contributed by atoms with E-state index in [1.165, 1.54) is 6.08 Å². The maximum absolute atomic E-state index is 17.1. The van der Waals surface area contributed by atoms with Gasteiger partial charge in [-0.2, -0.15) is 0 Å². The number of alkyl halides is 1. The van der Waals surface area contributed by atoms with Crippen molar-refractivity contribution >= 4 is 5.78 Å². The van der Waals surface area contributed by atoms with Gasteiger partial charge in [0.2, 0.25) is 5.79 Å². The van der Waals surface area contributed by atoms with Gasteiger partial charge in [-0.1, -0.05) is 18.6 Å². The smallest absolute Gasteiger partial charge is 0.226 e. The van der Waals surface area contributed by atoms with Crippen LogP contribution >= 0.6 is 0 Å². The summed E-state index contributed by atoms with van der Waals surface area (Å²) in [7, 11) is 0. The zero-order valence-electron chi connectivity index (χ0n) is 17.5. The first-order valence-electron chi connectivity index (χ1n) is 11.0. The van der Waals surface area contributed by atoms with Crippen LogP contribution < -0.4 is 0 Å². The highest BCUT2D eigenvalue weighted by molar-refractivity contribution is 6.01. The van der Waals surface area contributed by atoms with E-state index in [-0.39, 0.29) is 44.2 Å². The maximum Gasteiger partial charge on any atom is 0.226 e. The fourth-order valence-electron chi connectivity index (χ4n) is 8.18. The van der Waals surface area contributed by atoms with E-state index in [1.807, 2.05) is 6.92 Å². The number of ether oxygens (including phenoxy) is 4. The Kier molecular flexibility index (Phi) is 3.79. The van der Waals surface area contributed by atoms with Crippen molar-refractivity contribution in [3.8, 4) is 0 Å². The van der Waals surface area contributed by atoms with E-state index in [4.69, 9.17) is 18.9 Å². The van der Waals surface area contributed by atoms with Gasteiger partial charge in [-0.15, -0.1) is 0 Å². The number of carbonyl (C=O) groups excluding carboxylic acids is 1. The minimum Gasteiger partial charge on any atom is -0.390 e. The molecular weight excluding hydrogens is 391 g/mol. The van der Waals surface area contributed by atoms with Gasteiger partial charge in [0.25, 0.3) is 0 Å². The molecule has 2 heterocycles. The fourth-order valence-corrected chi connectivity index (χ4v) is 8.18. The SMILES string of the molecule is C[C@]12C=CC(=O)C=C1CC[C@H]1[C@@H]3CC[C@@]4(OCOC45COCO5)[C@@]3(C)C[C@H](O)[C@@]12F. The van der Waals surface area contributed by atoms with Gasteiger partial charge < -0.3 is 24.1 Å². The van der Waals surface area contributed by atoms with Crippen LogP contribution in [0.25, 0.3) is 0 Å². The lowest BCUT2D eigenvalue weighted by atomic mass is 9.44. The molecule has 2 aliphatic heterocycles. The molecule has 0 bridgehead atoms. The van der Waals surface area contributed by atoms with Crippen LogP contribution in [0.5, 0.6) is 0 Å². The number of hydrogen-bond donors (Lipinski definition) is 1. The van der Waals surface area contributed by atoms with Gasteiger partial charge in [0.15, 0.2) is 25.0 Å². The second-order valence-electron chi connectivity index (χ2n) is 10.4. The minimum absolute atomic E-state index is 0.0121. The third kappa shape index (κ3) is 1.92. The summed E-state index contributed by atoms with van der Waals surface area (Å²) in [5.74, 6) is -1.42. The van der Waals surface area contributed by atoms with Crippen molar-refractivity contribution in [2.45, 2.75) is 69.1 Å². The molecule has 8 atom stereocenters. The standard InChI is InChI=1S/C23H29FO6/c1-19-7-5-15(25)9-14(19)3-4-17-16-6-8-21(20(16,2)10-18(26)23(17,19)24)22(30-13-28-21)11-27-12-29-22/h5,7,9,16-18,26H,3-4,6,8,10-13H2,1-2H3/t16-,17-,18-,19-,20-,21+,22?,23-/m0/s1. The Morgan fingerprint density at radius 1 is 1.13 bits per heavy atom. The van der Waals surface area contributed by atoms with E-state index >= 15 is 4.39 Å². The molecule has 4 aliphatic carbocycles. The molecule has 0 radical (unpaired) electrons. The number of aliphatic hydroxyl groups excluding tert-OH is 1. The molecule has 0 aromatic heterocycles. The molecule has 3 saturated carbocycles. The first kappa shape index (κ1) is 19.6. The number of ketones is 1. The Morgan fingerprint density at radius 2 is 1.93 bits per heavy atom. The highest BCUT2D eigenvalue weighted by Crippen LogP contribution is 2.73. The van der Waals surface area contributed by atoms with Gasteiger partial charge in [-0.25, -0.2) is 4.39 Å². The Morgan fingerprint density at radius 3 is 2.70 bits per heavy atom. The van der Waals surface area contributed by atoms with Crippen molar-refractivity contribution in [2.24, 2.45) is 22.7 Å². The monoisotopic (exact) mass is 420 g/mol. The molecular formula is C23H29FO6. The van der Waals surface area contributed by atoms with Gasteiger partial charge in [0.1, 0.15) is 12.2 Å². The topological polar surface area (TPSA) is 74.2 Å². The van der Waals surface area contributed by atoms with E-state index in [2.05, 4.69) is 6.92 Å². The van der Waals surface area contributed by atoms with Crippen molar-refractivity contribution in [3.63, 3.8) is 0 Å². The molecule has 2 spiro atoms. The number of rotatable bonds is 0. The fraction of sp³-hybridized carbons (Fsp3) is 0.783. The first-order chi connectivity index (χ1) is 14.2. The molecule has 5 fully saturated rings. The predicted octanol–water partition coefficient (Wildman–Crippen LogP) is 2.80. The third-order valence-corrected chi connectivity index (χ3v) is 9.64.